The summed E-state index contributed by atoms with van der Waals surface area (Å²) in [4.78, 5) is 0. The topological polar surface area (TPSA) is 60.0 Å². The Morgan fingerprint density at radius 1 is 1.42 bits per heavy atom. The maximum atomic E-state index is 10.3. The van der Waals surface area contributed by atoms with Crippen molar-refractivity contribution in [3.8, 4) is 11.5 Å². The predicted molar refractivity (Wildman–Crippen MR) is 71.7 cm³/mol. The molecule has 19 heavy (non-hydrogen) atoms. The summed E-state index contributed by atoms with van der Waals surface area (Å²) in [6.07, 6.45) is 0.0166. The molecule has 0 aliphatic carbocycles. The lowest BCUT2D eigenvalue weighted by molar-refractivity contribution is 0.0513. The first kappa shape index (κ1) is 14.1. The quantitative estimate of drug-likeness (QED) is 0.837. The van der Waals surface area contributed by atoms with E-state index in [1.165, 1.54) is 0 Å². The van der Waals surface area contributed by atoms with Crippen molar-refractivity contribution in [1.82, 2.24) is 5.32 Å². The van der Waals surface area contributed by atoms with Crippen LogP contribution in [0.3, 0.4) is 0 Å². The van der Waals surface area contributed by atoms with Crippen molar-refractivity contribution in [2.75, 3.05) is 34.0 Å². The third-order valence-electron chi connectivity index (χ3n) is 3.31. The van der Waals surface area contributed by atoms with Gasteiger partial charge in [0.1, 0.15) is 11.5 Å². The van der Waals surface area contributed by atoms with Gasteiger partial charge >= 0.3 is 0 Å². The van der Waals surface area contributed by atoms with Gasteiger partial charge in [-0.1, -0.05) is 0 Å². The van der Waals surface area contributed by atoms with Gasteiger partial charge in [0.25, 0.3) is 0 Å². The first-order chi connectivity index (χ1) is 9.24. The van der Waals surface area contributed by atoms with Gasteiger partial charge < -0.3 is 24.6 Å². The molecule has 5 nitrogen and oxygen atoms in total. The molecule has 0 bridgehead atoms. The minimum Gasteiger partial charge on any atom is -0.497 e. The Morgan fingerprint density at radius 2 is 2.26 bits per heavy atom. The number of nitrogens with one attached hydrogen (secondary N) is 1. The molecule has 0 amide bonds. The normalized spacial score (nSPS) is 20.9. The number of aliphatic hydroxyl groups excluding tert-OH is 1. The van der Waals surface area contributed by atoms with Crippen molar-refractivity contribution in [2.24, 2.45) is 0 Å². The van der Waals surface area contributed by atoms with Gasteiger partial charge in [0.15, 0.2) is 0 Å². The summed E-state index contributed by atoms with van der Waals surface area (Å²) in [6.45, 7) is 2.20. The second-order valence-corrected chi connectivity index (χ2v) is 4.59. The van der Waals surface area contributed by atoms with Gasteiger partial charge in [0.2, 0.25) is 0 Å². The lowest BCUT2D eigenvalue weighted by atomic mass is 10.0. The second kappa shape index (κ2) is 6.75. The molecule has 2 unspecified atom stereocenters. The molecule has 0 radical (unpaired) electrons. The smallest absolute Gasteiger partial charge is 0.128 e. The summed E-state index contributed by atoms with van der Waals surface area (Å²) in [5, 5.41) is 13.7. The summed E-state index contributed by atoms with van der Waals surface area (Å²) in [7, 11) is 3.20. The van der Waals surface area contributed by atoms with Crippen LogP contribution in [-0.4, -0.2) is 45.1 Å². The van der Waals surface area contributed by atoms with Crippen molar-refractivity contribution in [1.29, 1.82) is 0 Å². The number of methoxy groups -OCH3 is 2. The summed E-state index contributed by atoms with van der Waals surface area (Å²) in [6, 6.07) is 5.62. The van der Waals surface area contributed by atoms with Gasteiger partial charge in [-0.25, -0.2) is 0 Å². The molecule has 1 saturated heterocycles. The molecule has 0 saturated carbocycles. The van der Waals surface area contributed by atoms with Gasteiger partial charge in [-0.2, -0.15) is 0 Å². The Labute approximate surface area is 113 Å². The van der Waals surface area contributed by atoms with Crippen LogP contribution in [0.5, 0.6) is 11.5 Å². The molecule has 1 fully saturated rings. The fourth-order valence-corrected chi connectivity index (χ4v) is 2.26. The van der Waals surface area contributed by atoms with Crippen LogP contribution in [0.25, 0.3) is 0 Å². The van der Waals surface area contributed by atoms with Crippen molar-refractivity contribution < 1.29 is 19.3 Å². The average molecular weight is 267 g/mol. The molecule has 1 aliphatic heterocycles. The zero-order valence-corrected chi connectivity index (χ0v) is 11.4. The predicted octanol–water partition coefficient (Wildman–Crippen LogP) is 1.12. The second-order valence-electron chi connectivity index (χ2n) is 4.59. The van der Waals surface area contributed by atoms with E-state index in [2.05, 4.69) is 5.32 Å². The minimum absolute atomic E-state index is 0.176. The molecular weight excluding hydrogens is 246 g/mol. The van der Waals surface area contributed by atoms with Crippen LogP contribution < -0.4 is 14.8 Å². The molecule has 2 atom stereocenters. The van der Waals surface area contributed by atoms with E-state index in [9.17, 15) is 5.11 Å². The number of hydrogen-bond donors (Lipinski definition) is 2. The fourth-order valence-electron chi connectivity index (χ4n) is 2.26. The number of ether oxygens (including phenoxy) is 3. The zero-order chi connectivity index (χ0) is 13.7. The van der Waals surface area contributed by atoms with Crippen molar-refractivity contribution >= 4 is 0 Å². The number of benzene rings is 1. The highest BCUT2D eigenvalue weighted by Crippen LogP contribution is 2.31. The van der Waals surface area contributed by atoms with E-state index in [-0.39, 0.29) is 6.04 Å². The standard InChI is InChI=1S/C14H21NO4/c1-17-11-3-4-12(14(8-11)18-2)13(16)7-10-9-19-6-5-15-10/h3-4,8,10,13,15-16H,5-7,9H2,1-2H3. The van der Waals surface area contributed by atoms with E-state index < -0.39 is 6.10 Å². The molecule has 0 aromatic heterocycles. The van der Waals surface area contributed by atoms with Gasteiger partial charge in [0, 0.05) is 24.2 Å². The van der Waals surface area contributed by atoms with Gasteiger partial charge in [-0.3, -0.25) is 0 Å². The Bertz CT molecular complexity index is 404. The monoisotopic (exact) mass is 267 g/mol. The van der Waals surface area contributed by atoms with E-state index >= 15 is 0 Å². The Kier molecular flexibility index (Phi) is 5.01. The lowest BCUT2D eigenvalue weighted by Crippen LogP contribution is -2.42. The van der Waals surface area contributed by atoms with E-state index in [4.69, 9.17) is 14.2 Å². The molecule has 1 aliphatic rings. The first-order valence-electron chi connectivity index (χ1n) is 6.45. The van der Waals surface area contributed by atoms with E-state index in [1.54, 1.807) is 20.3 Å². The van der Waals surface area contributed by atoms with Crippen LogP contribution in [-0.2, 0) is 4.74 Å². The first-order valence-corrected chi connectivity index (χ1v) is 6.45. The van der Waals surface area contributed by atoms with Crippen LogP contribution in [0.15, 0.2) is 18.2 Å². The maximum absolute atomic E-state index is 10.3. The highest BCUT2D eigenvalue weighted by Gasteiger charge is 2.21. The van der Waals surface area contributed by atoms with E-state index in [0.29, 0.717) is 24.5 Å². The van der Waals surface area contributed by atoms with Crippen LogP contribution in [0.2, 0.25) is 0 Å². The third-order valence-corrected chi connectivity index (χ3v) is 3.31. The summed E-state index contributed by atoms with van der Waals surface area (Å²) < 4.78 is 15.8. The van der Waals surface area contributed by atoms with E-state index in [1.807, 2.05) is 12.1 Å². The van der Waals surface area contributed by atoms with Gasteiger partial charge in [-0.05, 0) is 18.6 Å². The molecule has 106 valence electrons. The molecule has 1 aromatic rings. The highest BCUT2D eigenvalue weighted by molar-refractivity contribution is 5.42. The number of hydrogen-bond acceptors (Lipinski definition) is 5. The summed E-state index contributed by atoms with van der Waals surface area (Å²) in [5.74, 6) is 1.36. The SMILES string of the molecule is COc1ccc(C(O)CC2COCCN2)c(OC)c1. The van der Waals surface area contributed by atoms with E-state index in [0.717, 1.165) is 18.7 Å². The third kappa shape index (κ3) is 3.59. The molecular formula is C14H21NO4. The lowest BCUT2D eigenvalue weighted by Gasteiger charge is -2.26. The van der Waals surface area contributed by atoms with Crippen LogP contribution >= 0.6 is 0 Å². The number of aliphatic hydroxyl groups is 1. The van der Waals surface area contributed by atoms with Gasteiger partial charge in [-0.15, -0.1) is 0 Å². The largest absolute Gasteiger partial charge is 0.497 e. The van der Waals surface area contributed by atoms with Crippen molar-refractivity contribution in [3.63, 3.8) is 0 Å². The molecule has 5 heteroatoms. The minimum atomic E-state index is -0.583. The van der Waals surface area contributed by atoms with Crippen molar-refractivity contribution in [3.05, 3.63) is 23.8 Å². The van der Waals surface area contributed by atoms with Crippen LogP contribution in [0.4, 0.5) is 0 Å². The average Bonchev–Trinajstić information content (AvgIpc) is 2.47. The van der Waals surface area contributed by atoms with Crippen LogP contribution in [0.1, 0.15) is 18.1 Å². The molecule has 1 aromatic carbocycles. The fraction of sp³-hybridized carbons (Fsp3) is 0.571. The van der Waals surface area contributed by atoms with Crippen molar-refractivity contribution in [2.45, 2.75) is 18.6 Å². The number of morpholine rings is 1. The van der Waals surface area contributed by atoms with Crippen LogP contribution in [0, 0.1) is 0 Å². The Morgan fingerprint density at radius 3 is 2.89 bits per heavy atom. The maximum Gasteiger partial charge on any atom is 0.128 e. The molecule has 1 heterocycles. The Hall–Kier alpha value is -1.30. The summed E-state index contributed by atoms with van der Waals surface area (Å²) >= 11 is 0. The summed E-state index contributed by atoms with van der Waals surface area (Å²) in [5.41, 5.74) is 0.774. The molecule has 2 rings (SSSR count). The Balaban J connectivity index is 2.06. The zero-order valence-electron chi connectivity index (χ0n) is 11.4. The highest BCUT2D eigenvalue weighted by atomic mass is 16.5. The molecule has 0 spiro atoms. The number of rotatable bonds is 5. The van der Waals surface area contributed by atoms with Gasteiger partial charge in [0.05, 0.1) is 33.5 Å². The molecule has 2 N–H and O–H groups in total.